The average molecular weight is 417 g/mol. The first-order valence-electron chi connectivity index (χ1n) is 10.6. The molecule has 7 heteroatoms. The molecule has 0 amide bonds. The van der Waals surface area contributed by atoms with Gasteiger partial charge in [-0.25, -0.2) is 19.2 Å². The Kier molecular flexibility index (Phi) is 4.54. The van der Waals surface area contributed by atoms with Crippen LogP contribution in [0.15, 0.2) is 64.2 Å². The smallest absolute Gasteiger partial charge is 0.267 e. The molecule has 3 heterocycles. The lowest BCUT2D eigenvalue weighted by Crippen LogP contribution is -2.52. The molecule has 0 bridgehead atoms. The third-order valence-corrected chi connectivity index (χ3v) is 6.02. The van der Waals surface area contributed by atoms with Crippen LogP contribution in [0.25, 0.3) is 11.2 Å². The van der Waals surface area contributed by atoms with E-state index in [1.807, 2.05) is 54.0 Å². The van der Waals surface area contributed by atoms with Crippen molar-refractivity contribution >= 4 is 22.8 Å². The van der Waals surface area contributed by atoms with Gasteiger partial charge in [0, 0.05) is 13.0 Å². The standard InChI is InChI=1S/C24H25N5O2/c1-16-8-7-9-18(12-16)15-29-22(30)20-21(26(3)24(29)31)25-23-27(13-17(2)14-28(20)23)19-10-5-4-6-11-19/h4-12,17H,13-15H2,1-3H3/p+1/t17-/m0/s1. The van der Waals surface area contributed by atoms with E-state index in [1.165, 1.54) is 4.57 Å². The summed E-state index contributed by atoms with van der Waals surface area (Å²) < 4.78 is 4.92. The first-order valence-corrected chi connectivity index (χ1v) is 10.6. The summed E-state index contributed by atoms with van der Waals surface area (Å²) >= 11 is 0. The predicted octanol–water partition coefficient (Wildman–Crippen LogP) is 2.46. The molecule has 0 radical (unpaired) electrons. The summed E-state index contributed by atoms with van der Waals surface area (Å²) in [5.41, 5.74) is 3.61. The summed E-state index contributed by atoms with van der Waals surface area (Å²) in [6.45, 7) is 5.99. The quantitative estimate of drug-likeness (QED) is 0.522. The first kappa shape index (κ1) is 19.4. The lowest BCUT2D eigenvalue weighted by Gasteiger charge is -2.26. The van der Waals surface area contributed by atoms with Gasteiger partial charge in [0.05, 0.1) is 19.6 Å². The minimum Gasteiger partial charge on any atom is -0.267 e. The molecule has 2 aromatic heterocycles. The van der Waals surface area contributed by atoms with E-state index in [0.717, 1.165) is 35.9 Å². The minimum atomic E-state index is -0.322. The highest BCUT2D eigenvalue weighted by molar-refractivity contribution is 5.70. The van der Waals surface area contributed by atoms with Crippen molar-refractivity contribution in [3.8, 4) is 0 Å². The van der Waals surface area contributed by atoms with Gasteiger partial charge in [-0.2, -0.15) is 0 Å². The zero-order valence-corrected chi connectivity index (χ0v) is 18.0. The van der Waals surface area contributed by atoms with E-state index in [0.29, 0.717) is 17.1 Å². The number of anilines is 2. The largest absolute Gasteiger partial charge is 0.364 e. The number of rotatable bonds is 3. The molecule has 1 N–H and O–H groups in total. The van der Waals surface area contributed by atoms with Crippen molar-refractivity contribution in [2.24, 2.45) is 13.0 Å². The maximum absolute atomic E-state index is 13.6. The van der Waals surface area contributed by atoms with Crippen LogP contribution in [0.1, 0.15) is 18.1 Å². The summed E-state index contributed by atoms with van der Waals surface area (Å²) in [6.07, 6.45) is 0. The normalized spacial score (nSPS) is 16.0. The van der Waals surface area contributed by atoms with Crippen LogP contribution in [-0.4, -0.2) is 20.7 Å². The molecule has 1 atom stereocenters. The van der Waals surface area contributed by atoms with E-state index < -0.39 is 0 Å². The van der Waals surface area contributed by atoms with Crippen molar-refractivity contribution in [2.45, 2.75) is 26.9 Å². The van der Waals surface area contributed by atoms with Gasteiger partial charge in [-0.05, 0) is 24.6 Å². The molecule has 2 aromatic carbocycles. The lowest BCUT2D eigenvalue weighted by atomic mass is 10.1. The molecule has 7 nitrogen and oxygen atoms in total. The number of H-pyrrole nitrogens is 1. The molecule has 0 saturated heterocycles. The minimum absolute atomic E-state index is 0.252. The van der Waals surface area contributed by atoms with Gasteiger partial charge in [0.15, 0.2) is 0 Å². The second kappa shape index (κ2) is 7.27. The van der Waals surface area contributed by atoms with E-state index in [4.69, 9.17) is 0 Å². The molecule has 31 heavy (non-hydrogen) atoms. The molecule has 0 spiro atoms. The predicted molar refractivity (Wildman–Crippen MR) is 121 cm³/mol. The third kappa shape index (κ3) is 3.17. The van der Waals surface area contributed by atoms with Crippen LogP contribution in [0, 0.1) is 12.8 Å². The summed E-state index contributed by atoms with van der Waals surface area (Å²) in [6, 6.07) is 18.0. The third-order valence-electron chi connectivity index (χ3n) is 6.02. The van der Waals surface area contributed by atoms with Gasteiger partial charge < -0.3 is 0 Å². The average Bonchev–Trinajstić information content (AvgIpc) is 3.15. The molecule has 158 valence electrons. The fourth-order valence-corrected chi connectivity index (χ4v) is 4.54. The molecule has 1 aliphatic rings. The maximum Gasteiger partial charge on any atom is 0.364 e. The number of hydrogen-bond donors (Lipinski definition) is 1. The number of fused-ring (bicyclic) bond motifs is 3. The summed E-state index contributed by atoms with van der Waals surface area (Å²) in [7, 11) is 1.72. The Balaban J connectivity index is 1.73. The van der Waals surface area contributed by atoms with Crippen LogP contribution in [0.5, 0.6) is 0 Å². The molecule has 0 fully saturated rings. The fraction of sp³-hybridized carbons (Fsp3) is 0.292. The van der Waals surface area contributed by atoms with Crippen LogP contribution >= 0.6 is 0 Å². The molecule has 4 aromatic rings. The Bertz CT molecular complexity index is 1400. The van der Waals surface area contributed by atoms with Gasteiger partial charge in [-0.3, -0.25) is 13.9 Å². The van der Waals surface area contributed by atoms with Gasteiger partial charge in [0.2, 0.25) is 11.2 Å². The second-order valence-electron chi connectivity index (χ2n) is 8.53. The van der Waals surface area contributed by atoms with Crippen molar-refractivity contribution in [3.05, 3.63) is 86.6 Å². The highest BCUT2D eigenvalue weighted by Gasteiger charge is 2.35. The van der Waals surface area contributed by atoms with E-state index in [1.54, 1.807) is 11.6 Å². The molecule has 5 rings (SSSR count). The van der Waals surface area contributed by atoms with Crippen molar-refractivity contribution < 1.29 is 4.57 Å². The molecule has 0 unspecified atom stereocenters. The first-order chi connectivity index (χ1) is 14.9. The number of nitrogens with zero attached hydrogens (tertiary/aromatic N) is 4. The Morgan fingerprint density at radius 3 is 2.61 bits per heavy atom. The van der Waals surface area contributed by atoms with Crippen LogP contribution in [0.2, 0.25) is 0 Å². The Morgan fingerprint density at radius 1 is 1.10 bits per heavy atom. The number of aromatic nitrogens is 4. The van der Waals surface area contributed by atoms with E-state index in [-0.39, 0.29) is 17.8 Å². The van der Waals surface area contributed by atoms with Crippen molar-refractivity contribution in [3.63, 3.8) is 0 Å². The van der Waals surface area contributed by atoms with Crippen LogP contribution < -0.4 is 20.7 Å². The van der Waals surface area contributed by atoms with Gasteiger partial charge in [-0.1, -0.05) is 55.0 Å². The van der Waals surface area contributed by atoms with E-state index in [2.05, 4.69) is 28.9 Å². The monoisotopic (exact) mass is 416 g/mol. The highest BCUT2D eigenvalue weighted by atomic mass is 16.2. The van der Waals surface area contributed by atoms with Crippen molar-refractivity contribution in [2.75, 3.05) is 11.4 Å². The number of benzene rings is 2. The summed E-state index contributed by atoms with van der Waals surface area (Å²) in [5.74, 6) is 1.18. The zero-order valence-electron chi connectivity index (χ0n) is 18.0. The highest BCUT2D eigenvalue weighted by Crippen LogP contribution is 2.27. The lowest BCUT2D eigenvalue weighted by molar-refractivity contribution is -0.669. The number of imidazole rings is 1. The molecular weight excluding hydrogens is 390 g/mol. The zero-order chi connectivity index (χ0) is 21.7. The van der Waals surface area contributed by atoms with Gasteiger partial charge in [-0.15, -0.1) is 0 Å². The number of hydrogen-bond acceptors (Lipinski definition) is 3. The molecular formula is C24H26N5O2+. The van der Waals surface area contributed by atoms with E-state index in [9.17, 15) is 9.59 Å². The molecule has 0 aliphatic carbocycles. The fourth-order valence-electron chi connectivity index (χ4n) is 4.54. The van der Waals surface area contributed by atoms with Gasteiger partial charge in [0.25, 0.3) is 5.56 Å². The van der Waals surface area contributed by atoms with Gasteiger partial charge in [0.1, 0.15) is 5.69 Å². The van der Waals surface area contributed by atoms with Gasteiger partial charge >= 0.3 is 11.6 Å². The number of para-hydroxylation sites is 1. The maximum atomic E-state index is 13.6. The number of nitrogens with one attached hydrogen (secondary N) is 1. The Labute approximate surface area is 179 Å². The molecule has 0 saturated carbocycles. The van der Waals surface area contributed by atoms with Crippen LogP contribution in [0.4, 0.5) is 11.6 Å². The van der Waals surface area contributed by atoms with Crippen molar-refractivity contribution in [1.82, 2.24) is 14.1 Å². The van der Waals surface area contributed by atoms with Crippen LogP contribution in [0.3, 0.4) is 0 Å². The SMILES string of the molecule is Cc1cccc(Cn2c(=O)c3c([nH]c4[n+]3C[C@@H](C)CN4c3ccccc3)n(C)c2=O)c1. The number of aryl methyl sites for hydroxylation is 2. The topological polar surface area (TPSA) is 66.9 Å². The summed E-state index contributed by atoms with van der Waals surface area (Å²) in [4.78, 5) is 32.2. The van der Waals surface area contributed by atoms with E-state index >= 15 is 0 Å². The Hall–Kier alpha value is -3.61. The molecule has 1 aliphatic heterocycles. The Morgan fingerprint density at radius 2 is 1.87 bits per heavy atom. The van der Waals surface area contributed by atoms with Crippen LogP contribution in [-0.2, 0) is 20.1 Å². The van der Waals surface area contributed by atoms with Crippen molar-refractivity contribution in [1.29, 1.82) is 0 Å². The number of aromatic amines is 1. The second-order valence-corrected chi connectivity index (χ2v) is 8.53. The summed E-state index contributed by atoms with van der Waals surface area (Å²) in [5, 5.41) is 0.